The SMILES string of the molecule is CN=C(NCCc1ccc(S(C)(=O)=O)cc1)NCc1ccc(OC2CCCCC2)cc1.I. The zero-order chi connectivity index (χ0) is 22.1. The summed E-state index contributed by atoms with van der Waals surface area (Å²) in [6.07, 6.45) is 8.54. The van der Waals surface area contributed by atoms with E-state index in [9.17, 15) is 8.42 Å². The van der Waals surface area contributed by atoms with Gasteiger partial charge >= 0.3 is 0 Å². The molecule has 1 saturated carbocycles. The van der Waals surface area contributed by atoms with Crippen LogP contribution in [0.5, 0.6) is 5.75 Å². The van der Waals surface area contributed by atoms with E-state index in [2.05, 4.69) is 27.8 Å². The van der Waals surface area contributed by atoms with Crippen LogP contribution in [0.4, 0.5) is 0 Å². The van der Waals surface area contributed by atoms with Gasteiger partial charge in [-0.3, -0.25) is 4.99 Å². The minimum absolute atomic E-state index is 0. The predicted octanol–water partition coefficient (Wildman–Crippen LogP) is 4.33. The molecule has 0 bridgehead atoms. The number of ether oxygens (including phenoxy) is 1. The first-order valence-electron chi connectivity index (χ1n) is 10.9. The van der Waals surface area contributed by atoms with Crippen molar-refractivity contribution in [2.24, 2.45) is 4.99 Å². The average molecular weight is 572 g/mol. The van der Waals surface area contributed by atoms with Crippen molar-refractivity contribution in [2.75, 3.05) is 19.8 Å². The number of nitrogens with one attached hydrogen (secondary N) is 2. The normalized spacial score (nSPS) is 15.0. The third-order valence-electron chi connectivity index (χ3n) is 5.52. The second-order valence-electron chi connectivity index (χ2n) is 8.04. The lowest BCUT2D eigenvalue weighted by atomic mass is 9.98. The molecule has 1 aliphatic rings. The molecule has 32 heavy (non-hydrogen) atoms. The van der Waals surface area contributed by atoms with E-state index in [1.54, 1.807) is 19.2 Å². The van der Waals surface area contributed by atoms with E-state index < -0.39 is 9.84 Å². The Labute approximate surface area is 209 Å². The highest BCUT2D eigenvalue weighted by Crippen LogP contribution is 2.23. The number of hydrogen-bond donors (Lipinski definition) is 2. The van der Waals surface area contributed by atoms with Gasteiger partial charge in [0.15, 0.2) is 15.8 Å². The Morgan fingerprint density at radius 2 is 1.59 bits per heavy atom. The second-order valence-corrected chi connectivity index (χ2v) is 10.1. The Balaban J connectivity index is 0.00000363. The quantitative estimate of drug-likeness (QED) is 0.280. The molecule has 2 N–H and O–H groups in total. The van der Waals surface area contributed by atoms with Gasteiger partial charge in [0.2, 0.25) is 0 Å². The molecule has 0 atom stereocenters. The summed E-state index contributed by atoms with van der Waals surface area (Å²) in [5.74, 6) is 1.68. The van der Waals surface area contributed by atoms with E-state index in [0.717, 1.165) is 42.1 Å². The van der Waals surface area contributed by atoms with Crippen LogP contribution in [0.2, 0.25) is 0 Å². The molecule has 0 heterocycles. The molecule has 3 rings (SSSR count). The zero-order valence-electron chi connectivity index (χ0n) is 18.8. The molecule has 6 nitrogen and oxygen atoms in total. The van der Waals surface area contributed by atoms with Gasteiger partial charge in [0.05, 0.1) is 11.0 Å². The minimum atomic E-state index is -3.15. The highest BCUT2D eigenvalue weighted by Gasteiger charge is 2.14. The largest absolute Gasteiger partial charge is 0.490 e. The van der Waals surface area contributed by atoms with Crippen molar-refractivity contribution in [3.05, 3.63) is 59.7 Å². The second kappa shape index (κ2) is 13.0. The molecule has 0 amide bonds. The van der Waals surface area contributed by atoms with Gasteiger partial charge in [0.25, 0.3) is 0 Å². The predicted molar refractivity (Wildman–Crippen MR) is 141 cm³/mol. The minimum Gasteiger partial charge on any atom is -0.490 e. The summed E-state index contributed by atoms with van der Waals surface area (Å²) in [7, 11) is -1.41. The molecule has 0 unspecified atom stereocenters. The fourth-order valence-corrected chi connectivity index (χ4v) is 4.33. The van der Waals surface area contributed by atoms with Crippen LogP contribution < -0.4 is 15.4 Å². The van der Waals surface area contributed by atoms with Crippen LogP contribution in [-0.2, 0) is 22.8 Å². The molecule has 0 aliphatic heterocycles. The zero-order valence-corrected chi connectivity index (χ0v) is 22.0. The Morgan fingerprint density at radius 1 is 0.969 bits per heavy atom. The average Bonchev–Trinajstić information content (AvgIpc) is 2.77. The summed E-state index contributed by atoms with van der Waals surface area (Å²) >= 11 is 0. The van der Waals surface area contributed by atoms with Crippen LogP contribution in [-0.4, -0.2) is 40.3 Å². The molecule has 8 heteroatoms. The number of nitrogens with zero attached hydrogens (tertiary/aromatic N) is 1. The molecule has 0 radical (unpaired) electrons. The van der Waals surface area contributed by atoms with Gasteiger partial charge in [-0.25, -0.2) is 8.42 Å². The van der Waals surface area contributed by atoms with E-state index in [0.29, 0.717) is 24.1 Å². The first-order chi connectivity index (χ1) is 14.9. The standard InChI is InChI=1S/C24H33N3O3S.HI/c1-25-24(26-17-16-19-10-14-23(15-11-19)31(2,28)29)27-18-20-8-12-22(13-9-20)30-21-6-4-3-5-7-21;/h8-15,21H,3-7,16-18H2,1-2H3,(H2,25,26,27);1H. The molecular weight excluding hydrogens is 537 g/mol. The van der Waals surface area contributed by atoms with Crippen molar-refractivity contribution >= 4 is 39.8 Å². The molecule has 0 saturated heterocycles. The van der Waals surface area contributed by atoms with Crippen molar-refractivity contribution in [1.29, 1.82) is 0 Å². The number of sulfone groups is 1. The Hall–Kier alpha value is -1.81. The molecule has 2 aromatic carbocycles. The van der Waals surface area contributed by atoms with Gasteiger partial charge in [-0.05, 0) is 67.5 Å². The van der Waals surface area contributed by atoms with E-state index in [1.807, 2.05) is 24.3 Å². The summed E-state index contributed by atoms with van der Waals surface area (Å²) in [6, 6.07) is 15.3. The fourth-order valence-electron chi connectivity index (χ4n) is 3.70. The van der Waals surface area contributed by atoms with Crippen LogP contribution in [0.25, 0.3) is 0 Å². The lowest BCUT2D eigenvalue weighted by Crippen LogP contribution is -2.37. The van der Waals surface area contributed by atoms with E-state index >= 15 is 0 Å². The lowest BCUT2D eigenvalue weighted by molar-refractivity contribution is 0.155. The van der Waals surface area contributed by atoms with Gasteiger partial charge in [0, 0.05) is 26.4 Å². The monoisotopic (exact) mass is 571 g/mol. The van der Waals surface area contributed by atoms with Crippen molar-refractivity contribution in [2.45, 2.75) is 56.1 Å². The lowest BCUT2D eigenvalue weighted by Gasteiger charge is -2.23. The van der Waals surface area contributed by atoms with Crippen molar-refractivity contribution in [3.63, 3.8) is 0 Å². The van der Waals surface area contributed by atoms with Gasteiger partial charge in [-0.15, -0.1) is 24.0 Å². The van der Waals surface area contributed by atoms with E-state index in [-0.39, 0.29) is 24.0 Å². The van der Waals surface area contributed by atoms with Crippen LogP contribution in [0, 0.1) is 0 Å². The molecule has 2 aromatic rings. The summed E-state index contributed by atoms with van der Waals surface area (Å²) in [5, 5.41) is 6.62. The highest BCUT2D eigenvalue weighted by atomic mass is 127. The third-order valence-corrected chi connectivity index (χ3v) is 6.65. The summed E-state index contributed by atoms with van der Waals surface area (Å²) in [4.78, 5) is 4.61. The summed E-state index contributed by atoms with van der Waals surface area (Å²) < 4.78 is 29.2. The number of guanidine groups is 1. The highest BCUT2D eigenvalue weighted by molar-refractivity contribution is 14.0. The molecular formula is C24H34IN3O3S. The van der Waals surface area contributed by atoms with Crippen molar-refractivity contribution < 1.29 is 13.2 Å². The van der Waals surface area contributed by atoms with Crippen LogP contribution in [0.3, 0.4) is 0 Å². The maximum Gasteiger partial charge on any atom is 0.191 e. The van der Waals surface area contributed by atoms with E-state index in [4.69, 9.17) is 4.74 Å². The Kier molecular flexibility index (Phi) is 10.8. The number of aliphatic imine (C=N–C) groups is 1. The van der Waals surface area contributed by atoms with Gasteiger partial charge in [-0.1, -0.05) is 30.7 Å². The third kappa shape index (κ3) is 8.61. The van der Waals surface area contributed by atoms with Crippen molar-refractivity contribution in [1.82, 2.24) is 10.6 Å². The van der Waals surface area contributed by atoms with Gasteiger partial charge in [-0.2, -0.15) is 0 Å². The summed E-state index contributed by atoms with van der Waals surface area (Å²) in [5.41, 5.74) is 2.24. The molecule has 1 fully saturated rings. The van der Waals surface area contributed by atoms with Crippen LogP contribution >= 0.6 is 24.0 Å². The van der Waals surface area contributed by atoms with Crippen LogP contribution in [0.1, 0.15) is 43.2 Å². The first-order valence-corrected chi connectivity index (χ1v) is 12.8. The Morgan fingerprint density at radius 3 is 2.19 bits per heavy atom. The number of benzene rings is 2. The van der Waals surface area contributed by atoms with Crippen molar-refractivity contribution in [3.8, 4) is 5.75 Å². The number of halogens is 1. The molecule has 1 aliphatic carbocycles. The molecule has 0 spiro atoms. The maximum atomic E-state index is 11.5. The van der Waals surface area contributed by atoms with Gasteiger partial charge in [0.1, 0.15) is 5.75 Å². The van der Waals surface area contributed by atoms with Crippen LogP contribution in [0.15, 0.2) is 58.4 Å². The maximum absolute atomic E-state index is 11.5. The molecule has 176 valence electrons. The summed E-state index contributed by atoms with van der Waals surface area (Å²) in [6.45, 7) is 1.37. The fraction of sp³-hybridized carbons (Fsp3) is 0.458. The first kappa shape index (κ1) is 26.4. The van der Waals surface area contributed by atoms with E-state index in [1.165, 1.54) is 25.5 Å². The molecule has 0 aromatic heterocycles. The topological polar surface area (TPSA) is 79.8 Å². The number of rotatable bonds is 8. The Bertz CT molecular complexity index is 955. The smallest absolute Gasteiger partial charge is 0.191 e. The van der Waals surface area contributed by atoms with Gasteiger partial charge < -0.3 is 15.4 Å². The number of hydrogen-bond acceptors (Lipinski definition) is 4.